The molecule has 0 bridgehead atoms. The molecule has 2 aromatic heterocycles. The van der Waals surface area contributed by atoms with Crippen molar-refractivity contribution in [1.82, 2.24) is 9.55 Å². The number of pyridine rings is 1. The Kier molecular flexibility index (Phi) is 3.89. The zero-order valence-corrected chi connectivity index (χ0v) is 12.8. The molecule has 3 aromatic rings. The highest BCUT2D eigenvalue weighted by Gasteiger charge is 2.18. The van der Waals surface area contributed by atoms with Crippen molar-refractivity contribution in [2.45, 2.75) is 19.9 Å². The van der Waals surface area contributed by atoms with Crippen LogP contribution in [0.5, 0.6) is 5.88 Å². The van der Waals surface area contributed by atoms with Crippen molar-refractivity contribution in [3.05, 3.63) is 54.4 Å². The van der Waals surface area contributed by atoms with E-state index in [1.807, 2.05) is 38.1 Å². The molecule has 0 radical (unpaired) electrons. The van der Waals surface area contributed by atoms with Crippen LogP contribution in [0, 0.1) is 0 Å². The molecular weight excluding hydrogens is 292 g/mol. The number of rotatable bonds is 3. The first-order valence-corrected chi connectivity index (χ1v) is 7.27. The van der Waals surface area contributed by atoms with Crippen LogP contribution in [0.2, 0.25) is 0 Å². The van der Waals surface area contributed by atoms with Crippen LogP contribution in [0.3, 0.4) is 0 Å². The highest BCUT2D eigenvalue weighted by atomic mass is 16.3. The summed E-state index contributed by atoms with van der Waals surface area (Å²) in [7, 11) is 0. The fraction of sp³-hybridized carbons (Fsp3) is 0.176. The average molecular weight is 308 g/mol. The highest BCUT2D eigenvalue weighted by Crippen LogP contribution is 2.40. The summed E-state index contributed by atoms with van der Waals surface area (Å²) in [5, 5.41) is 18.9. The summed E-state index contributed by atoms with van der Waals surface area (Å²) in [5.74, 6) is -0.472. The molecule has 116 valence electrons. The van der Waals surface area contributed by atoms with E-state index in [-0.39, 0.29) is 11.9 Å². The molecule has 0 aliphatic heterocycles. The van der Waals surface area contributed by atoms with Gasteiger partial charge in [0.15, 0.2) is 5.69 Å². The predicted octanol–water partition coefficient (Wildman–Crippen LogP) is 4.25. The molecule has 0 saturated carbocycles. The van der Waals surface area contributed by atoms with Gasteiger partial charge < -0.3 is 9.67 Å². The molecule has 0 spiro atoms. The molecule has 6 nitrogen and oxygen atoms in total. The summed E-state index contributed by atoms with van der Waals surface area (Å²) in [4.78, 5) is 15.9. The number of aromatic nitrogens is 2. The maximum Gasteiger partial charge on any atom is 0.295 e. The lowest BCUT2D eigenvalue weighted by molar-refractivity contribution is 0.0995. The van der Waals surface area contributed by atoms with Crippen molar-refractivity contribution in [2.24, 2.45) is 10.2 Å². The SMILES string of the molecule is CC(C)n1c(O)c(N=NC(=O)c2ccncc2)c2ccccc21. The summed E-state index contributed by atoms with van der Waals surface area (Å²) in [6.07, 6.45) is 3.04. The van der Waals surface area contributed by atoms with Crippen molar-refractivity contribution in [3.63, 3.8) is 0 Å². The highest BCUT2D eigenvalue weighted by molar-refractivity contribution is 5.97. The Hall–Kier alpha value is -3.02. The number of aromatic hydroxyl groups is 1. The van der Waals surface area contributed by atoms with Crippen molar-refractivity contribution in [3.8, 4) is 5.88 Å². The van der Waals surface area contributed by atoms with Crippen LogP contribution in [0.4, 0.5) is 5.69 Å². The summed E-state index contributed by atoms with van der Waals surface area (Å²) in [5.41, 5.74) is 1.55. The van der Waals surface area contributed by atoms with Crippen LogP contribution in [0.1, 0.15) is 30.2 Å². The fourth-order valence-corrected chi connectivity index (χ4v) is 2.50. The first-order valence-electron chi connectivity index (χ1n) is 7.27. The van der Waals surface area contributed by atoms with E-state index in [1.54, 1.807) is 16.7 Å². The number of amides is 1. The van der Waals surface area contributed by atoms with Crippen LogP contribution >= 0.6 is 0 Å². The second-order valence-electron chi connectivity index (χ2n) is 5.39. The summed E-state index contributed by atoms with van der Waals surface area (Å²) in [6.45, 7) is 3.93. The van der Waals surface area contributed by atoms with E-state index < -0.39 is 5.91 Å². The Morgan fingerprint density at radius 3 is 2.57 bits per heavy atom. The van der Waals surface area contributed by atoms with Gasteiger partial charge >= 0.3 is 0 Å². The smallest absolute Gasteiger partial charge is 0.295 e. The van der Waals surface area contributed by atoms with E-state index in [4.69, 9.17) is 0 Å². The number of azo groups is 1. The molecular formula is C17H16N4O2. The van der Waals surface area contributed by atoms with Gasteiger partial charge in [0.2, 0.25) is 5.88 Å². The standard InChI is InChI=1S/C17H16N4O2/c1-11(2)21-14-6-4-3-5-13(14)15(17(21)23)19-20-16(22)12-7-9-18-10-8-12/h3-11,23H,1-2H3. The summed E-state index contributed by atoms with van der Waals surface area (Å²) >= 11 is 0. The van der Waals surface area contributed by atoms with Gasteiger partial charge in [0.1, 0.15) is 0 Å². The monoisotopic (exact) mass is 308 g/mol. The molecule has 6 heteroatoms. The Morgan fingerprint density at radius 1 is 1.17 bits per heavy atom. The Morgan fingerprint density at radius 2 is 1.87 bits per heavy atom. The molecule has 23 heavy (non-hydrogen) atoms. The van der Waals surface area contributed by atoms with E-state index in [1.165, 1.54) is 12.4 Å². The van der Waals surface area contributed by atoms with Crippen molar-refractivity contribution in [1.29, 1.82) is 0 Å². The maximum absolute atomic E-state index is 12.0. The van der Waals surface area contributed by atoms with Crippen molar-refractivity contribution < 1.29 is 9.90 Å². The van der Waals surface area contributed by atoms with Crippen LogP contribution in [-0.2, 0) is 0 Å². The zero-order chi connectivity index (χ0) is 16.4. The summed E-state index contributed by atoms with van der Waals surface area (Å²) < 4.78 is 1.76. The van der Waals surface area contributed by atoms with Gasteiger partial charge in [-0.25, -0.2) is 0 Å². The second-order valence-corrected chi connectivity index (χ2v) is 5.39. The minimum Gasteiger partial charge on any atom is -0.493 e. The van der Waals surface area contributed by atoms with Crippen LogP contribution in [0.25, 0.3) is 10.9 Å². The van der Waals surface area contributed by atoms with Gasteiger partial charge in [-0.15, -0.1) is 10.2 Å². The minimum absolute atomic E-state index is 0.00692. The minimum atomic E-state index is -0.479. The number of fused-ring (bicyclic) bond motifs is 1. The molecule has 0 fully saturated rings. The maximum atomic E-state index is 12.0. The number of hydrogen-bond donors (Lipinski definition) is 1. The quantitative estimate of drug-likeness (QED) is 0.735. The largest absolute Gasteiger partial charge is 0.493 e. The third kappa shape index (κ3) is 2.70. The lowest BCUT2D eigenvalue weighted by Gasteiger charge is -2.10. The predicted molar refractivity (Wildman–Crippen MR) is 87.1 cm³/mol. The third-order valence-electron chi connectivity index (χ3n) is 3.54. The van der Waals surface area contributed by atoms with E-state index in [9.17, 15) is 9.90 Å². The van der Waals surface area contributed by atoms with Gasteiger partial charge in [0.05, 0.1) is 5.52 Å². The number of carbonyl (C=O) groups excluding carboxylic acids is 1. The van der Waals surface area contributed by atoms with E-state index in [0.717, 1.165) is 10.9 Å². The Labute approximate surface area is 133 Å². The zero-order valence-electron chi connectivity index (χ0n) is 12.8. The topological polar surface area (TPSA) is 79.8 Å². The molecule has 1 N–H and O–H groups in total. The number of carbonyl (C=O) groups is 1. The average Bonchev–Trinajstić information content (AvgIpc) is 2.85. The van der Waals surface area contributed by atoms with Crippen molar-refractivity contribution >= 4 is 22.5 Å². The van der Waals surface area contributed by atoms with Crippen molar-refractivity contribution in [2.75, 3.05) is 0 Å². The Bertz CT molecular complexity index is 882. The van der Waals surface area contributed by atoms with Crippen LogP contribution in [-0.4, -0.2) is 20.6 Å². The lowest BCUT2D eigenvalue weighted by Crippen LogP contribution is -1.98. The fourth-order valence-electron chi connectivity index (χ4n) is 2.50. The molecule has 1 aromatic carbocycles. The number of nitrogens with zero attached hydrogens (tertiary/aromatic N) is 4. The van der Waals surface area contributed by atoms with Crippen LogP contribution in [0.15, 0.2) is 59.0 Å². The van der Waals surface area contributed by atoms with E-state index in [2.05, 4.69) is 15.2 Å². The van der Waals surface area contributed by atoms with E-state index in [0.29, 0.717) is 11.3 Å². The Balaban J connectivity index is 2.05. The second kappa shape index (κ2) is 6.00. The van der Waals surface area contributed by atoms with E-state index >= 15 is 0 Å². The van der Waals surface area contributed by atoms with Gasteiger partial charge in [-0.1, -0.05) is 18.2 Å². The van der Waals surface area contributed by atoms with Gasteiger partial charge in [-0.2, -0.15) is 0 Å². The molecule has 2 heterocycles. The third-order valence-corrected chi connectivity index (χ3v) is 3.54. The number of para-hydroxylation sites is 1. The molecule has 0 aliphatic carbocycles. The van der Waals surface area contributed by atoms with Gasteiger partial charge in [-0.3, -0.25) is 9.78 Å². The van der Waals surface area contributed by atoms with Gasteiger partial charge in [0, 0.05) is 29.4 Å². The van der Waals surface area contributed by atoms with Gasteiger partial charge in [-0.05, 0) is 32.0 Å². The number of benzene rings is 1. The van der Waals surface area contributed by atoms with Gasteiger partial charge in [0.25, 0.3) is 5.91 Å². The lowest BCUT2D eigenvalue weighted by atomic mass is 10.2. The molecule has 0 aliphatic rings. The van der Waals surface area contributed by atoms with Crippen LogP contribution < -0.4 is 0 Å². The molecule has 0 saturated heterocycles. The molecule has 3 rings (SSSR count). The molecule has 0 atom stereocenters. The number of hydrogen-bond acceptors (Lipinski definition) is 4. The first kappa shape index (κ1) is 14.9. The molecule has 1 amide bonds. The normalized spacial score (nSPS) is 11.6. The first-order chi connectivity index (χ1) is 11.1. The molecule has 0 unspecified atom stereocenters. The summed E-state index contributed by atoms with van der Waals surface area (Å²) in [6, 6.07) is 10.7.